The fourth-order valence-corrected chi connectivity index (χ4v) is 3.54. The molecular weight excluding hydrogens is 427 g/mol. The minimum absolute atomic E-state index is 0.0361. The van der Waals surface area contributed by atoms with Crippen LogP contribution in [0.15, 0.2) is 72.4 Å². The van der Waals surface area contributed by atoms with E-state index in [0.29, 0.717) is 34.2 Å². The van der Waals surface area contributed by atoms with Crippen molar-refractivity contribution in [2.75, 3.05) is 31.5 Å². The number of benzene rings is 3. The standard InChI is InChI=1S/C25H21FN2O5/c1-31-18-10-8-17(9-11-18)28-24(29)22(15-4-6-16(26)7-5-15)23(25(28)30)27-20-14-19(32-2)12-13-21(20)33-3/h4-14,27H,1-3H3. The molecule has 4 rings (SSSR count). The Kier molecular flexibility index (Phi) is 5.99. The van der Waals surface area contributed by atoms with Gasteiger partial charge < -0.3 is 19.5 Å². The lowest BCUT2D eigenvalue weighted by atomic mass is 10.0. The molecular formula is C25H21FN2O5. The molecule has 33 heavy (non-hydrogen) atoms. The second-order valence-electron chi connectivity index (χ2n) is 7.09. The maximum absolute atomic E-state index is 13.6. The average Bonchev–Trinajstić information content (AvgIpc) is 3.08. The first kappa shape index (κ1) is 21.9. The van der Waals surface area contributed by atoms with Gasteiger partial charge in [0.1, 0.15) is 28.8 Å². The van der Waals surface area contributed by atoms with Crippen LogP contribution in [0.1, 0.15) is 5.56 Å². The van der Waals surface area contributed by atoms with Crippen LogP contribution >= 0.6 is 0 Å². The number of nitrogens with one attached hydrogen (secondary N) is 1. The van der Waals surface area contributed by atoms with Gasteiger partial charge in [-0.3, -0.25) is 9.59 Å². The normalized spacial score (nSPS) is 13.4. The number of imide groups is 1. The highest BCUT2D eigenvalue weighted by Crippen LogP contribution is 2.37. The highest BCUT2D eigenvalue weighted by molar-refractivity contribution is 6.46. The third-order valence-electron chi connectivity index (χ3n) is 5.21. The Labute approximate surface area is 190 Å². The van der Waals surface area contributed by atoms with E-state index in [2.05, 4.69) is 5.32 Å². The topological polar surface area (TPSA) is 77.1 Å². The van der Waals surface area contributed by atoms with Gasteiger partial charge >= 0.3 is 0 Å². The number of ether oxygens (including phenoxy) is 3. The summed E-state index contributed by atoms with van der Waals surface area (Å²) in [5.74, 6) is 0.0163. The molecule has 0 fully saturated rings. The summed E-state index contributed by atoms with van der Waals surface area (Å²) >= 11 is 0. The highest BCUT2D eigenvalue weighted by Gasteiger charge is 2.40. The van der Waals surface area contributed by atoms with Crippen LogP contribution in [0, 0.1) is 5.82 Å². The van der Waals surface area contributed by atoms with Gasteiger partial charge in [-0.05, 0) is 54.1 Å². The van der Waals surface area contributed by atoms with Gasteiger partial charge in [0.05, 0.1) is 38.3 Å². The minimum atomic E-state index is -0.561. The van der Waals surface area contributed by atoms with Crippen LogP contribution in [0.25, 0.3) is 5.57 Å². The van der Waals surface area contributed by atoms with Crippen molar-refractivity contribution in [3.05, 3.63) is 83.8 Å². The van der Waals surface area contributed by atoms with E-state index in [1.807, 2.05) is 0 Å². The number of halogens is 1. The van der Waals surface area contributed by atoms with E-state index in [1.54, 1.807) is 42.5 Å². The molecule has 3 aromatic rings. The first-order valence-electron chi connectivity index (χ1n) is 9.99. The highest BCUT2D eigenvalue weighted by atomic mass is 19.1. The molecule has 0 bridgehead atoms. The Balaban J connectivity index is 1.83. The number of nitrogens with zero attached hydrogens (tertiary/aromatic N) is 1. The number of hydrogen-bond donors (Lipinski definition) is 1. The molecule has 0 unspecified atom stereocenters. The third-order valence-corrected chi connectivity index (χ3v) is 5.21. The Hall–Kier alpha value is -4.33. The molecule has 0 radical (unpaired) electrons. The van der Waals surface area contributed by atoms with Gasteiger partial charge in [0.25, 0.3) is 11.8 Å². The molecule has 0 spiro atoms. The maximum Gasteiger partial charge on any atom is 0.282 e. The van der Waals surface area contributed by atoms with Crippen molar-refractivity contribution in [1.29, 1.82) is 0 Å². The quantitative estimate of drug-likeness (QED) is 0.545. The number of anilines is 2. The molecule has 1 heterocycles. The van der Waals surface area contributed by atoms with Crippen molar-refractivity contribution in [2.45, 2.75) is 0 Å². The lowest BCUT2D eigenvalue weighted by Crippen LogP contribution is -2.32. The molecule has 0 saturated heterocycles. The van der Waals surface area contributed by atoms with Gasteiger partial charge in [-0.1, -0.05) is 12.1 Å². The summed E-state index contributed by atoms with van der Waals surface area (Å²) in [6, 6.07) is 17.0. The molecule has 2 amide bonds. The van der Waals surface area contributed by atoms with Crippen LogP contribution in [0.5, 0.6) is 17.2 Å². The van der Waals surface area contributed by atoms with Crippen LogP contribution < -0.4 is 24.4 Å². The first-order chi connectivity index (χ1) is 16.0. The Morgan fingerprint density at radius 3 is 2.00 bits per heavy atom. The average molecular weight is 448 g/mol. The fraction of sp³-hybridized carbons (Fsp3) is 0.120. The molecule has 0 aromatic heterocycles. The lowest BCUT2D eigenvalue weighted by molar-refractivity contribution is -0.120. The molecule has 0 saturated carbocycles. The van der Waals surface area contributed by atoms with E-state index in [4.69, 9.17) is 14.2 Å². The van der Waals surface area contributed by atoms with Crippen molar-refractivity contribution in [3.8, 4) is 17.2 Å². The minimum Gasteiger partial charge on any atom is -0.497 e. The number of rotatable bonds is 7. The van der Waals surface area contributed by atoms with E-state index >= 15 is 0 Å². The molecule has 1 aliphatic heterocycles. The zero-order valence-electron chi connectivity index (χ0n) is 18.2. The van der Waals surface area contributed by atoms with Crippen LogP contribution in [0.4, 0.5) is 15.8 Å². The summed E-state index contributed by atoms with van der Waals surface area (Å²) < 4.78 is 29.4. The predicted octanol–water partition coefficient (Wildman–Crippen LogP) is 4.25. The number of hydrogen-bond acceptors (Lipinski definition) is 6. The molecule has 8 heteroatoms. The van der Waals surface area contributed by atoms with Gasteiger partial charge in [-0.25, -0.2) is 9.29 Å². The third kappa shape index (κ3) is 4.10. The Bertz CT molecular complexity index is 1240. The summed E-state index contributed by atoms with van der Waals surface area (Å²) in [6.07, 6.45) is 0. The Morgan fingerprint density at radius 2 is 1.39 bits per heavy atom. The summed E-state index contributed by atoms with van der Waals surface area (Å²) in [6.45, 7) is 0. The molecule has 1 N–H and O–H groups in total. The summed E-state index contributed by atoms with van der Waals surface area (Å²) in [4.78, 5) is 28.0. The van der Waals surface area contributed by atoms with Crippen LogP contribution in [-0.4, -0.2) is 33.1 Å². The van der Waals surface area contributed by atoms with E-state index in [1.165, 1.54) is 45.6 Å². The molecule has 168 valence electrons. The van der Waals surface area contributed by atoms with Gasteiger partial charge in [-0.15, -0.1) is 0 Å². The zero-order chi connectivity index (χ0) is 23.5. The van der Waals surface area contributed by atoms with Gasteiger partial charge in [-0.2, -0.15) is 0 Å². The predicted molar refractivity (Wildman–Crippen MR) is 122 cm³/mol. The number of carbonyl (C=O) groups is 2. The lowest BCUT2D eigenvalue weighted by Gasteiger charge is -2.16. The Morgan fingerprint density at radius 1 is 0.758 bits per heavy atom. The second kappa shape index (κ2) is 9.04. The monoisotopic (exact) mass is 448 g/mol. The zero-order valence-corrected chi connectivity index (χ0v) is 18.2. The van der Waals surface area contributed by atoms with Gasteiger partial charge in [0, 0.05) is 6.07 Å². The van der Waals surface area contributed by atoms with E-state index in [9.17, 15) is 14.0 Å². The fourth-order valence-electron chi connectivity index (χ4n) is 3.54. The van der Waals surface area contributed by atoms with Crippen LogP contribution in [0.3, 0.4) is 0 Å². The van der Waals surface area contributed by atoms with Gasteiger partial charge in [0.2, 0.25) is 0 Å². The summed E-state index contributed by atoms with van der Waals surface area (Å²) in [5, 5.41) is 3.04. The van der Waals surface area contributed by atoms with Crippen molar-refractivity contribution in [3.63, 3.8) is 0 Å². The van der Waals surface area contributed by atoms with E-state index < -0.39 is 17.6 Å². The molecule has 0 atom stereocenters. The van der Waals surface area contributed by atoms with Crippen LogP contribution in [0.2, 0.25) is 0 Å². The SMILES string of the molecule is COc1ccc(N2C(=O)C(Nc3cc(OC)ccc3OC)=C(c3ccc(F)cc3)C2=O)cc1. The van der Waals surface area contributed by atoms with Gasteiger partial charge in [0.15, 0.2) is 0 Å². The number of methoxy groups -OCH3 is 3. The molecule has 0 aliphatic carbocycles. The number of carbonyl (C=O) groups excluding carboxylic acids is 2. The summed E-state index contributed by atoms with van der Waals surface area (Å²) in [5.41, 5.74) is 1.36. The van der Waals surface area contributed by atoms with Crippen molar-refractivity contribution in [1.82, 2.24) is 0 Å². The summed E-state index contributed by atoms with van der Waals surface area (Å²) in [7, 11) is 4.54. The molecule has 7 nitrogen and oxygen atoms in total. The van der Waals surface area contributed by atoms with E-state index in [-0.39, 0.29) is 11.3 Å². The first-order valence-corrected chi connectivity index (χ1v) is 9.99. The maximum atomic E-state index is 13.6. The molecule has 3 aromatic carbocycles. The van der Waals surface area contributed by atoms with Crippen molar-refractivity contribution >= 4 is 28.8 Å². The van der Waals surface area contributed by atoms with Crippen LogP contribution in [-0.2, 0) is 9.59 Å². The smallest absolute Gasteiger partial charge is 0.282 e. The second-order valence-corrected chi connectivity index (χ2v) is 7.09. The van der Waals surface area contributed by atoms with Crippen molar-refractivity contribution in [2.24, 2.45) is 0 Å². The largest absolute Gasteiger partial charge is 0.497 e. The number of amides is 2. The molecule has 1 aliphatic rings. The van der Waals surface area contributed by atoms with Crippen molar-refractivity contribution < 1.29 is 28.2 Å². The van der Waals surface area contributed by atoms with E-state index in [0.717, 1.165) is 4.90 Å².